The molecule has 0 aliphatic heterocycles. The van der Waals surface area contributed by atoms with Crippen molar-refractivity contribution in [2.45, 2.75) is 52.2 Å². The maximum Gasteiger partial charge on any atom is 0.135 e. The third kappa shape index (κ3) is 5.17. The Bertz CT molecular complexity index is 1350. The van der Waals surface area contributed by atoms with Gasteiger partial charge in [0.15, 0.2) is 0 Å². The second kappa shape index (κ2) is 10.6. The molecule has 0 amide bonds. The van der Waals surface area contributed by atoms with Gasteiger partial charge in [0.1, 0.15) is 11.6 Å². The van der Waals surface area contributed by atoms with E-state index in [2.05, 4.69) is 15.3 Å². The molecule has 1 unspecified atom stereocenters. The monoisotopic (exact) mass is 493 g/mol. The minimum atomic E-state index is -0.898. The summed E-state index contributed by atoms with van der Waals surface area (Å²) in [6.07, 6.45) is 0.896. The van der Waals surface area contributed by atoms with Crippen molar-refractivity contribution in [3.8, 4) is 22.5 Å². The molecule has 3 heterocycles. The summed E-state index contributed by atoms with van der Waals surface area (Å²) in [5.41, 5.74) is 4.52. The van der Waals surface area contributed by atoms with Crippen LogP contribution in [0.25, 0.3) is 22.5 Å². The van der Waals surface area contributed by atoms with Crippen molar-refractivity contribution in [1.82, 2.24) is 25.0 Å². The van der Waals surface area contributed by atoms with Gasteiger partial charge < -0.3 is 10.2 Å². The molecular formula is C27H29F2N5O2. The van der Waals surface area contributed by atoms with Crippen LogP contribution < -0.4 is 0 Å². The van der Waals surface area contributed by atoms with Gasteiger partial charge in [-0.3, -0.25) is 9.67 Å². The first kappa shape index (κ1) is 25.5. The van der Waals surface area contributed by atoms with Crippen LogP contribution in [0.5, 0.6) is 0 Å². The van der Waals surface area contributed by atoms with Crippen LogP contribution in [0.1, 0.15) is 55.3 Å². The molecule has 4 aromatic rings. The molecule has 0 aliphatic carbocycles. The van der Waals surface area contributed by atoms with Crippen LogP contribution in [0, 0.1) is 18.6 Å². The van der Waals surface area contributed by atoms with Gasteiger partial charge in [0.25, 0.3) is 0 Å². The zero-order chi connectivity index (χ0) is 26.0. The predicted octanol–water partition coefficient (Wildman–Crippen LogP) is 4.62. The van der Waals surface area contributed by atoms with Crippen LogP contribution in [0.15, 0.2) is 48.7 Å². The zero-order valence-electron chi connectivity index (χ0n) is 20.7. The van der Waals surface area contributed by atoms with Crippen molar-refractivity contribution < 1.29 is 19.0 Å². The molecule has 1 aromatic carbocycles. The molecule has 36 heavy (non-hydrogen) atoms. The van der Waals surface area contributed by atoms with Gasteiger partial charge in [-0.25, -0.2) is 8.78 Å². The quantitative estimate of drug-likeness (QED) is 0.372. The largest absolute Gasteiger partial charge is 0.394 e. The lowest BCUT2D eigenvalue weighted by atomic mass is 9.91. The molecule has 188 valence electrons. The van der Waals surface area contributed by atoms with Crippen molar-refractivity contribution in [2.75, 3.05) is 6.61 Å². The van der Waals surface area contributed by atoms with Gasteiger partial charge in [-0.1, -0.05) is 32.9 Å². The molecule has 9 heteroatoms. The third-order valence-corrected chi connectivity index (χ3v) is 6.15. The van der Waals surface area contributed by atoms with Gasteiger partial charge in [0, 0.05) is 23.4 Å². The highest BCUT2D eigenvalue weighted by Crippen LogP contribution is 2.33. The van der Waals surface area contributed by atoms with E-state index in [0.29, 0.717) is 11.4 Å². The predicted molar refractivity (Wildman–Crippen MR) is 132 cm³/mol. The number of rotatable bonds is 8. The van der Waals surface area contributed by atoms with E-state index in [4.69, 9.17) is 10.1 Å². The van der Waals surface area contributed by atoms with E-state index in [1.807, 2.05) is 45.9 Å². The number of aromatic nitrogens is 5. The van der Waals surface area contributed by atoms with Crippen molar-refractivity contribution in [3.05, 3.63) is 82.9 Å². The average Bonchev–Trinajstić information content (AvgIpc) is 3.23. The Kier molecular flexibility index (Phi) is 7.51. The summed E-state index contributed by atoms with van der Waals surface area (Å²) in [5, 5.41) is 31.9. The normalized spacial score (nSPS) is 13.2. The number of aliphatic hydroxyl groups excluding tert-OH is 2. The fourth-order valence-corrected chi connectivity index (χ4v) is 4.20. The molecule has 0 radical (unpaired) electrons. The van der Waals surface area contributed by atoms with Crippen LogP contribution >= 0.6 is 0 Å². The smallest absolute Gasteiger partial charge is 0.135 e. The van der Waals surface area contributed by atoms with E-state index < -0.39 is 17.7 Å². The number of aliphatic hydroxyl groups is 2. The van der Waals surface area contributed by atoms with Crippen LogP contribution in [-0.4, -0.2) is 47.9 Å². The number of aryl methyl sites for hydroxylation is 1. The molecule has 0 aliphatic rings. The molecule has 3 aromatic heterocycles. The van der Waals surface area contributed by atoms with Crippen molar-refractivity contribution in [1.29, 1.82) is 0 Å². The van der Waals surface area contributed by atoms with Gasteiger partial charge in [0.05, 0.1) is 47.6 Å². The molecule has 2 N–H and O–H groups in total. The van der Waals surface area contributed by atoms with Gasteiger partial charge >= 0.3 is 0 Å². The minimum absolute atomic E-state index is 0.0353. The van der Waals surface area contributed by atoms with Crippen LogP contribution in [-0.2, 0) is 6.54 Å². The SMILES string of the molecule is Cc1nn(C[C@@H](O)CO)cc1-c1cccc(C(C)c2nnc(-c3c(F)cccc3F)cc2C(C)C)n1. The molecule has 0 bridgehead atoms. The Morgan fingerprint density at radius 1 is 0.972 bits per heavy atom. The van der Waals surface area contributed by atoms with Crippen LogP contribution in [0.3, 0.4) is 0 Å². The fraction of sp³-hybridized carbons (Fsp3) is 0.333. The average molecular weight is 494 g/mol. The highest BCUT2D eigenvalue weighted by molar-refractivity contribution is 5.62. The molecule has 4 rings (SSSR count). The summed E-state index contributed by atoms with van der Waals surface area (Å²) in [4.78, 5) is 4.85. The van der Waals surface area contributed by atoms with E-state index >= 15 is 0 Å². The Balaban J connectivity index is 1.70. The summed E-state index contributed by atoms with van der Waals surface area (Å²) in [6, 6.07) is 11.1. The van der Waals surface area contributed by atoms with Crippen molar-refractivity contribution >= 4 is 0 Å². The summed E-state index contributed by atoms with van der Waals surface area (Å²) < 4.78 is 30.3. The lowest BCUT2D eigenvalue weighted by Crippen LogP contribution is -2.20. The first-order valence-electron chi connectivity index (χ1n) is 11.8. The molecule has 0 saturated carbocycles. The molecule has 0 saturated heterocycles. The topological polar surface area (TPSA) is 97.0 Å². The standard InChI is InChI=1S/C27H29F2N5O2/c1-15(2)19-11-25(26-21(28)7-5-8-22(26)29)31-32-27(19)16(3)23-9-6-10-24(30-23)20-13-34(33-17(20)4)12-18(36)14-35/h5-11,13,15-16,18,35-36H,12,14H2,1-4H3/t16?,18-/m1/s1. The van der Waals surface area contributed by atoms with E-state index in [9.17, 15) is 13.9 Å². The van der Waals surface area contributed by atoms with Gasteiger partial charge in [-0.2, -0.15) is 15.3 Å². The lowest BCUT2D eigenvalue weighted by Gasteiger charge is -2.18. The molecular weight excluding hydrogens is 464 g/mol. The number of pyridine rings is 1. The number of halogens is 2. The number of nitrogens with zero attached hydrogens (tertiary/aromatic N) is 5. The maximum absolute atomic E-state index is 14.4. The number of hydrogen-bond acceptors (Lipinski definition) is 6. The van der Waals surface area contributed by atoms with Crippen LogP contribution in [0.4, 0.5) is 8.78 Å². The zero-order valence-corrected chi connectivity index (χ0v) is 20.7. The Morgan fingerprint density at radius 3 is 2.33 bits per heavy atom. The summed E-state index contributed by atoms with van der Waals surface area (Å²) in [5.74, 6) is -1.57. The van der Waals surface area contributed by atoms with E-state index in [1.54, 1.807) is 16.9 Å². The van der Waals surface area contributed by atoms with Gasteiger partial charge in [0.2, 0.25) is 0 Å². The van der Waals surface area contributed by atoms with Crippen LogP contribution in [0.2, 0.25) is 0 Å². The molecule has 2 atom stereocenters. The van der Waals surface area contributed by atoms with Crippen molar-refractivity contribution in [3.63, 3.8) is 0 Å². The molecule has 7 nitrogen and oxygen atoms in total. The Hall–Kier alpha value is -3.56. The van der Waals surface area contributed by atoms with Crippen molar-refractivity contribution in [2.24, 2.45) is 0 Å². The summed E-state index contributed by atoms with van der Waals surface area (Å²) in [7, 11) is 0. The highest BCUT2D eigenvalue weighted by Gasteiger charge is 2.22. The van der Waals surface area contributed by atoms with E-state index in [1.165, 1.54) is 18.2 Å². The lowest BCUT2D eigenvalue weighted by molar-refractivity contribution is 0.0782. The Morgan fingerprint density at radius 2 is 1.67 bits per heavy atom. The second-order valence-corrected chi connectivity index (χ2v) is 9.18. The molecule has 0 fully saturated rings. The second-order valence-electron chi connectivity index (χ2n) is 9.18. The van der Waals surface area contributed by atoms with Gasteiger partial charge in [-0.05, 0) is 48.7 Å². The first-order valence-corrected chi connectivity index (χ1v) is 11.8. The van der Waals surface area contributed by atoms with E-state index in [0.717, 1.165) is 22.5 Å². The molecule has 0 spiro atoms. The number of benzene rings is 1. The third-order valence-electron chi connectivity index (χ3n) is 6.15. The minimum Gasteiger partial charge on any atom is -0.394 e. The summed E-state index contributed by atoms with van der Waals surface area (Å²) >= 11 is 0. The van der Waals surface area contributed by atoms with E-state index in [-0.39, 0.29) is 36.2 Å². The summed E-state index contributed by atoms with van der Waals surface area (Å²) in [6.45, 7) is 7.65. The fourth-order valence-electron chi connectivity index (χ4n) is 4.20. The number of hydrogen-bond donors (Lipinski definition) is 2. The van der Waals surface area contributed by atoms with Gasteiger partial charge in [-0.15, -0.1) is 0 Å². The highest BCUT2D eigenvalue weighted by atomic mass is 19.1. The first-order chi connectivity index (χ1) is 17.2. The Labute approximate surface area is 208 Å². The maximum atomic E-state index is 14.4.